The molecule has 4 heteroatoms. The van der Waals surface area contributed by atoms with Gasteiger partial charge in [0.15, 0.2) is 0 Å². The average molecular weight is 234 g/mol. The van der Waals surface area contributed by atoms with Crippen LogP contribution in [0.2, 0.25) is 0 Å². The van der Waals surface area contributed by atoms with E-state index in [2.05, 4.69) is 20.9 Å². The molecule has 0 aliphatic rings. The maximum atomic E-state index is 9.25. The molecule has 1 N–H and O–H groups in total. The number of pyridine rings is 1. The molecule has 2 nitrogen and oxygen atoms in total. The van der Waals surface area contributed by atoms with Gasteiger partial charge in [-0.25, -0.2) is 0 Å². The summed E-state index contributed by atoms with van der Waals surface area (Å²) in [4.78, 5) is 13.4. The molecule has 1 aromatic rings. The van der Waals surface area contributed by atoms with Crippen LogP contribution in [0.1, 0.15) is 5.69 Å². The van der Waals surface area contributed by atoms with E-state index in [1.165, 1.54) is 0 Å². The van der Waals surface area contributed by atoms with Gasteiger partial charge in [-0.05, 0) is 25.7 Å². The fourth-order valence-corrected chi connectivity index (χ4v) is 2.13. The molecule has 1 rings (SSSR count). The van der Waals surface area contributed by atoms with Crippen LogP contribution in [0.25, 0.3) is 0 Å². The lowest BCUT2D eigenvalue weighted by molar-refractivity contribution is 0.639. The highest BCUT2D eigenvalue weighted by Crippen LogP contribution is 2.23. The van der Waals surface area contributed by atoms with Crippen LogP contribution in [-0.4, -0.2) is 16.5 Å². The molecule has 0 bridgehead atoms. The van der Waals surface area contributed by atoms with E-state index in [1.54, 1.807) is 6.66 Å². The monoisotopic (exact) mass is 233 g/mol. The van der Waals surface area contributed by atoms with Crippen LogP contribution in [0.4, 0.5) is 0 Å². The smallest absolute Gasteiger partial charge is 0.0914 e. The van der Waals surface area contributed by atoms with Crippen molar-refractivity contribution >= 4 is 29.5 Å². The SMILES string of the molecule is Cc1cc(Br)cc(P(C)O)n1. The van der Waals surface area contributed by atoms with Crippen LogP contribution in [0.5, 0.6) is 0 Å². The van der Waals surface area contributed by atoms with E-state index in [1.807, 2.05) is 19.1 Å². The molecule has 0 aromatic carbocycles. The lowest BCUT2D eigenvalue weighted by atomic mass is 10.4. The summed E-state index contributed by atoms with van der Waals surface area (Å²) in [6.07, 6.45) is 0. The van der Waals surface area contributed by atoms with Crippen LogP contribution in [0, 0.1) is 6.92 Å². The van der Waals surface area contributed by atoms with Crippen molar-refractivity contribution in [3.8, 4) is 0 Å². The van der Waals surface area contributed by atoms with Crippen LogP contribution >= 0.6 is 24.1 Å². The third-order valence-electron chi connectivity index (χ3n) is 1.24. The first kappa shape index (κ1) is 9.11. The molecule has 0 fully saturated rings. The minimum atomic E-state index is -1.07. The molecule has 0 saturated heterocycles. The molecule has 1 atom stereocenters. The van der Waals surface area contributed by atoms with Gasteiger partial charge in [0.1, 0.15) is 0 Å². The summed E-state index contributed by atoms with van der Waals surface area (Å²) in [5.41, 5.74) is 1.70. The molecular formula is C7H9BrNOP. The van der Waals surface area contributed by atoms with Gasteiger partial charge in [-0.15, -0.1) is 0 Å². The third kappa shape index (κ3) is 2.51. The molecule has 0 saturated carbocycles. The van der Waals surface area contributed by atoms with Crippen LogP contribution in [-0.2, 0) is 0 Å². The molecule has 60 valence electrons. The molecule has 0 aliphatic carbocycles. The Morgan fingerprint density at radius 3 is 2.64 bits per heavy atom. The second-order valence-corrected chi connectivity index (χ2v) is 4.73. The van der Waals surface area contributed by atoms with Crippen molar-refractivity contribution in [1.29, 1.82) is 0 Å². The summed E-state index contributed by atoms with van der Waals surface area (Å²) < 4.78 is 0.975. The minimum Gasteiger partial charge on any atom is -0.368 e. The third-order valence-corrected chi connectivity index (χ3v) is 2.59. The van der Waals surface area contributed by atoms with Gasteiger partial charge >= 0.3 is 0 Å². The number of hydrogen-bond acceptors (Lipinski definition) is 2. The molecule has 0 aliphatic heterocycles. The fourth-order valence-electron chi connectivity index (χ4n) is 0.776. The van der Waals surface area contributed by atoms with Crippen molar-refractivity contribution in [2.45, 2.75) is 6.92 Å². The molecule has 1 unspecified atom stereocenters. The number of nitrogens with zero attached hydrogens (tertiary/aromatic N) is 1. The Balaban J connectivity index is 3.08. The van der Waals surface area contributed by atoms with Gasteiger partial charge in [0.05, 0.1) is 13.6 Å². The van der Waals surface area contributed by atoms with Gasteiger partial charge < -0.3 is 4.89 Å². The normalized spacial score (nSPS) is 13.1. The van der Waals surface area contributed by atoms with E-state index in [0.29, 0.717) is 0 Å². The Kier molecular flexibility index (Phi) is 2.99. The summed E-state index contributed by atoms with van der Waals surface area (Å²) in [6.45, 7) is 3.68. The zero-order valence-electron chi connectivity index (χ0n) is 6.37. The van der Waals surface area contributed by atoms with Crippen LogP contribution in [0.3, 0.4) is 0 Å². The van der Waals surface area contributed by atoms with E-state index in [9.17, 15) is 4.89 Å². The first-order valence-corrected chi connectivity index (χ1v) is 5.70. The zero-order chi connectivity index (χ0) is 8.43. The summed E-state index contributed by atoms with van der Waals surface area (Å²) in [7, 11) is -1.07. The number of hydrogen-bond donors (Lipinski definition) is 1. The van der Waals surface area contributed by atoms with E-state index >= 15 is 0 Å². The molecule has 0 radical (unpaired) electrons. The van der Waals surface area contributed by atoms with Crippen molar-refractivity contribution in [1.82, 2.24) is 4.98 Å². The number of rotatable bonds is 1. The van der Waals surface area contributed by atoms with Crippen LogP contribution in [0.15, 0.2) is 16.6 Å². The summed E-state index contributed by atoms with van der Waals surface area (Å²) in [6, 6.07) is 3.76. The highest BCUT2D eigenvalue weighted by molar-refractivity contribution is 9.10. The predicted octanol–water partition coefficient (Wildman–Crippen LogP) is 1.80. The molecule has 11 heavy (non-hydrogen) atoms. The first-order valence-electron chi connectivity index (χ1n) is 3.16. The van der Waals surface area contributed by atoms with Gasteiger partial charge in [0.2, 0.25) is 0 Å². The predicted molar refractivity (Wildman–Crippen MR) is 51.4 cm³/mol. The molecule has 1 aromatic heterocycles. The Hall–Kier alpha value is 0.0200. The summed E-state index contributed by atoms with van der Waals surface area (Å²) in [5, 5.41) is 0. The molecule has 1 heterocycles. The standard InChI is InChI=1S/C7H9BrNOP/c1-5-3-6(8)4-7(9-5)11(2)10/h3-4,10H,1-2H3. The topological polar surface area (TPSA) is 33.1 Å². The van der Waals surface area contributed by atoms with E-state index in [4.69, 9.17) is 0 Å². The van der Waals surface area contributed by atoms with Crippen molar-refractivity contribution < 1.29 is 4.89 Å². The summed E-state index contributed by atoms with van der Waals surface area (Å²) >= 11 is 3.34. The lowest BCUT2D eigenvalue weighted by Crippen LogP contribution is -2.06. The van der Waals surface area contributed by atoms with Gasteiger partial charge in [0.25, 0.3) is 0 Å². The van der Waals surface area contributed by atoms with E-state index in [0.717, 1.165) is 15.6 Å². The summed E-state index contributed by atoms with van der Waals surface area (Å²) in [5.74, 6) is 0. The first-order chi connectivity index (χ1) is 5.09. The maximum absolute atomic E-state index is 9.25. The second-order valence-electron chi connectivity index (χ2n) is 2.31. The number of aryl methyl sites for hydroxylation is 1. The van der Waals surface area contributed by atoms with E-state index in [-0.39, 0.29) is 0 Å². The van der Waals surface area contributed by atoms with E-state index < -0.39 is 8.15 Å². The Labute approximate surface area is 75.6 Å². The van der Waals surface area contributed by atoms with Gasteiger partial charge in [0, 0.05) is 10.2 Å². The van der Waals surface area contributed by atoms with Gasteiger partial charge in [-0.2, -0.15) is 0 Å². The van der Waals surface area contributed by atoms with Crippen molar-refractivity contribution in [2.75, 3.05) is 6.66 Å². The number of aromatic nitrogens is 1. The highest BCUT2D eigenvalue weighted by atomic mass is 79.9. The van der Waals surface area contributed by atoms with Crippen molar-refractivity contribution in [3.05, 3.63) is 22.3 Å². The highest BCUT2D eigenvalue weighted by Gasteiger charge is 2.03. The Morgan fingerprint density at radius 2 is 2.18 bits per heavy atom. The molecule has 0 spiro atoms. The average Bonchev–Trinajstić information content (AvgIpc) is 1.85. The maximum Gasteiger partial charge on any atom is 0.0914 e. The quantitative estimate of drug-likeness (QED) is 0.751. The van der Waals surface area contributed by atoms with Crippen LogP contribution < -0.4 is 5.44 Å². The fraction of sp³-hybridized carbons (Fsp3) is 0.286. The lowest BCUT2D eigenvalue weighted by Gasteiger charge is -2.04. The minimum absolute atomic E-state index is 0.770. The zero-order valence-corrected chi connectivity index (χ0v) is 8.85. The number of halogens is 1. The van der Waals surface area contributed by atoms with Gasteiger partial charge in [-0.3, -0.25) is 4.98 Å². The Morgan fingerprint density at radius 1 is 1.55 bits per heavy atom. The Bertz CT molecular complexity index is 244. The molecular weight excluding hydrogens is 225 g/mol. The second kappa shape index (κ2) is 3.61. The van der Waals surface area contributed by atoms with Gasteiger partial charge in [-0.1, -0.05) is 15.9 Å². The molecule has 0 amide bonds. The largest absolute Gasteiger partial charge is 0.368 e. The van der Waals surface area contributed by atoms with Crippen molar-refractivity contribution in [2.24, 2.45) is 0 Å². The van der Waals surface area contributed by atoms with Crippen molar-refractivity contribution in [3.63, 3.8) is 0 Å².